The number of thiophene rings is 1. The molecule has 1 aliphatic heterocycles. The highest BCUT2D eigenvalue weighted by molar-refractivity contribution is 7.14. The first-order chi connectivity index (χ1) is 25.6. The summed E-state index contributed by atoms with van der Waals surface area (Å²) in [7, 11) is 2.16. The molecule has 1 atom stereocenters. The van der Waals surface area contributed by atoms with Crippen molar-refractivity contribution in [3.05, 3.63) is 88.4 Å². The van der Waals surface area contributed by atoms with Crippen LogP contribution in [0, 0.1) is 5.92 Å². The number of ketones is 1. The van der Waals surface area contributed by atoms with Gasteiger partial charge in [-0.25, -0.2) is 9.97 Å². The first-order valence-corrected chi connectivity index (χ1v) is 20.4. The number of ether oxygens (including phenoxy) is 1. The number of nitrogens with zero attached hydrogens (tertiary/aromatic N) is 4. The Balaban J connectivity index is 1.18. The lowest BCUT2D eigenvalue weighted by atomic mass is 9.92. The second-order valence-electron chi connectivity index (χ2n) is 15.5. The molecule has 0 unspecified atom stereocenters. The maximum Gasteiger partial charge on any atom is 0.223 e. The monoisotopic (exact) mass is 737 g/mol. The second kappa shape index (κ2) is 20.0. The van der Waals surface area contributed by atoms with E-state index in [-0.39, 0.29) is 23.5 Å². The summed E-state index contributed by atoms with van der Waals surface area (Å²) in [6.07, 6.45) is 11.4. The molecule has 1 saturated heterocycles. The summed E-state index contributed by atoms with van der Waals surface area (Å²) in [5.41, 5.74) is 3.86. The van der Waals surface area contributed by atoms with E-state index in [0.717, 1.165) is 85.1 Å². The second-order valence-corrected chi connectivity index (χ2v) is 16.6. The van der Waals surface area contributed by atoms with Crippen molar-refractivity contribution >= 4 is 23.0 Å². The topological polar surface area (TPSA) is 87.7 Å². The number of benzene rings is 2. The molecule has 0 radical (unpaired) electrons. The molecule has 5 rings (SSSR count). The fourth-order valence-corrected chi connectivity index (χ4v) is 7.56. The molecule has 284 valence electrons. The number of aromatic nitrogens is 2. The molecule has 0 spiro atoms. The van der Waals surface area contributed by atoms with Crippen LogP contribution in [-0.4, -0.2) is 84.4 Å². The van der Waals surface area contributed by atoms with E-state index in [1.54, 1.807) is 11.3 Å². The third-order valence-corrected chi connectivity index (χ3v) is 11.6. The van der Waals surface area contributed by atoms with Gasteiger partial charge in [-0.3, -0.25) is 9.59 Å². The van der Waals surface area contributed by atoms with Crippen molar-refractivity contribution in [1.82, 2.24) is 25.1 Å². The molecule has 0 saturated carbocycles. The van der Waals surface area contributed by atoms with E-state index < -0.39 is 5.92 Å². The summed E-state index contributed by atoms with van der Waals surface area (Å²) in [5, 5.41) is 3.16. The van der Waals surface area contributed by atoms with Crippen LogP contribution in [0.5, 0.6) is 5.75 Å². The fourth-order valence-electron chi connectivity index (χ4n) is 6.54. The van der Waals surface area contributed by atoms with Crippen LogP contribution >= 0.6 is 11.3 Å². The molecular weight excluding hydrogens is 679 g/mol. The van der Waals surface area contributed by atoms with Crippen LogP contribution in [0.4, 0.5) is 0 Å². The number of hydrogen-bond acceptors (Lipinski definition) is 8. The predicted octanol–water partition coefficient (Wildman–Crippen LogP) is 8.70. The minimum atomic E-state index is -0.463. The minimum Gasteiger partial charge on any atom is -0.494 e. The van der Waals surface area contributed by atoms with Crippen molar-refractivity contribution in [2.45, 2.75) is 84.5 Å². The minimum absolute atomic E-state index is 0.0215. The number of piperazine rings is 1. The van der Waals surface area contributed by atoms with E-state index in [1.807, 2.05) is 73.1 Å². The zero-order valence-corrected chi connectivity index (χ0v) is 33.4. The van der Waals surface area contributed by atoms with Crippen LogP contribution in [-0.2, 0) is 16.6 Å². The summed E-state index contributed by atoms with van der Waals surface area (Å²) in [6, 6.07) is 20.1. The van der Waals surface area contributed by atoms with E-state index >= 15 is 0 Å². The first-order valence-electron chi connectivity index (χ1n) is 19.6. The SMILES string of the molecule is CCCCCCCOc1ccc(-c2cnc(-c3ccc(C[C@H](CC(=O)c4ccc(C(C)(C)C)s4)C(=O)NCCCN4CCN(C)CC4)cc3)nc2)cc1. The van der Waals surface area contributed by atoms with Crippen molar-refractivity contribution in [2.24, 2.45) is 5.92 Å². The van der Waals surface area contributed by atoms with Crippen LogP contribution in [0.3, 0.4) is 0 Å². The number of amides is 1. The van der Waals surface area contributed by atoms with Gasteiger partial charge >= 0.3 is 0 Å². The maximum absolute atomic E-state index is 13.6. The molecule has 2 aromatic heterocycles. The smallest absolute Gasteiger partial charge is 0.223 e. The lowest BCUT2D eigenvalue weighted by Gasteiger charge is -2.32. The van der Waals surface area contributed by atoms with E-state index in [4.69, 9.17) is 4.74 Å². The van der Waals surface area contributed by atoms with E-state index in [2.05, 4.69) is 59.8 Å². The van der Waals surface area contributed by atoms with Gasteiger partial charge in [-0.05, 0) is 73.7 Å². The highest BCUT2D eigenvalue weighted by Crippen LogP contribution is 2.31. The average Bonchev–Trinajstić information content (AvgIpc) is 3.68. The Morgan fingerprint density at radius 2 is 1.51 bits per heavy atom. The van der Waals surface area contributed by atoms with E-state index in [9.17, 15) is 9.59 Å². The Morgan fingerprint density at radius 1 is 0.830 bits per heavy atom. The number of unbranched alkanes of at least 4 members (excludes halogenated alkanes) is 4. The summed E-state index contributed by atoms with van der Waals surface area (Å²) in [6.45, 7) is 15.3. The molecule has 1 amide bonds. The third-order valence-electron chi connectivity index (χ3n) is 10.0. The molecule has 4 aromatic rings. The molecule has 0 aliphatic carbocycles. The highest BCUT2D eigenvalue weighted by Gasteiger charge is 2.25. The van der Waals surface area contributed by atoms with Gasteiger partial charge in [-0.1, -0.05) is 89.8 Å². The van der Waals surface area contributed by atoms with Crippen molar-refractivity contribution in [2.75, 3.05) is 52.9 Å². The summed E-state index contributed by atoms with van der Waals surface area (Å²) < 4.78 is 5.92. The summed E-state index contributed by atoms with van der Waals surface area (Å²) in [4.78, 5) is 43.2. The van der Waals surface area contributed by atoms with Crippen LogP contribution in [0.15, 0.2) is 73.1 Å². The van der Waals surface area contributed by atoms with Crippen LogP contribution in [0.1, 0.15) is 92.8 Å². The number of rotatable bonds is 19. The van der Waals surface area contributed by atoms with Crippen LogP contribution in [0.25, 0.3) is 22.5 Å². The van der Waals surface area contributed by atoms with Crippen molar-refractivity contribution in [3.63, 3.8) is 0 Å². The molecule has 53 heavy (non-hydrogen) atoms. The van der Waals surface area contributed by atoms with Gasteiger partial charge in [-0.15, -0.1) is 11.3 Å². The van der Waals surface area contributed by atoms with Crippen molar-refractivity contribution < 1.29 is 14.3 Å². The van der Waals surface area contributed by atoms with Gasteiger partial charge in [0, 0.05) is 73.5 Å². The van der Waals surface area contributed by atoms with Gasteiger partial charge in [0.1, 0.15) is 5.75 Å². The summed E-state index contributed by atoms with van der Waals surface area (Å²) >= 11 is 1.54. The molecule has 3 heterocycles. The number of nitrogens with one attached hydrogen (secondary N) is 1. The lowest BCUT2D eigenvalue weighted by Crippen LogP contribution is -2.45. The van der Waals surface area contributed by atoms with Crippen molar-refractivity contribution in [1.29, 1.82) is 0 Å². The first kappa shape index (κ1) is 40.3. The zero-order valence-electron chi connectivity index (χ0n) is 32.5. The Labute approximate surface area is 321 Å². The van der Waals surface area contributed by atoms with E-state index in [0.29, 0.717) is 18.8 Å². The standard InChI is InChI=1S/C44H59N5O3S/c1-6-7-8-9-10-28-52-38-18-16-34(17-19-38)37-31-46-42(47-32-37)35-14-12-33(13-15-35)29-36(30-39(50)40-20-21-41(53-40)44(2,3)4)43(51)45-22-11-23-49-26-24-48(5)25-27-49/h12-21,31-32,36H,6-11,22-30H2,1-5H3,(H,45,51)/t36-/m1/s1. The number of carbonyl (C=O) groups is 2. The molecular formula is C44H59N5O3S. The molecule has 1 aliphatic rings. The Hall–Kier alpha value is -3.92. The Kier molecular flexibility index (Phi) is 15.2. The number of hydrogen-bond donors (Lipinski definition) is 1. The maximum atomic E-state index is 13.6. The zero-order chi connectivity index (χ0) is 37.6. The number of Topliss-reactive ketones (excluding diaryl/α,β-unsaturated/α-hetero) is 1. The van der Waals surface area contributed by atoms with Crippen LogP contribution < -0.4 is 10.1 Å². The van der Waals surface area contributed by atoms with Gasteiger partial charge in [0.25, 0.3) is 0 Å². The van der Waals surface area contributed by atoms with E-state index in [1.165, 1.54) is 30.6 Å². The van der Waals surface area contributed by atoms with Gasteiger partial charge < -0.3 is 19.9 Å². The molecule has 9 heteroatoms. The Morgan fingerprint density at radius 3 is 2.17 bits per heavy atom. The average molecular weight is 738 g/mol. The lowest BCUT2D eigenvalue weighted by molar-refractivity contribution is -0.125. The van der Waals surface area contributed by atoms with Gasteiger partial charge in [0.2, 0.25) is 5.91 Å². The van der Waals surface area contributed by atoms with Crippen molar-refractivity contribution in [3.8, 4) is 28.3 Å². The van der Waals surface area contributed by atoms with Gasteiger partial charge in [0.05, 0.1) is 11.5 Å². The number of carbonyl (C=O) groups excluding carboxylic acids is 2. The number of likely N-dealkylation sites (N-methyl/N-ethyl adjacent to an activating group) is 1. The molecule has 1 fully saturated rings. The Bertz CT molecular complexity index is 1710. The quantitative estimate of drug-likeness (QED) is 0.0761. The predicted molar refractivity (Wildman–Crippen MR) is 218 cm³/mol. The normalized spacial score (nSPS) is 14.6. The van der Waals surface area contributed by atoms with Crippen LogP contribution in [0.2, 0.25) is 0 Å². The molecule has 0 bridgehead atoms. The van der Waals surface area contributed by atoms with Gasteiger partial charge in [-0.2, -0.15) is 0 Å². The molecule has 2 aromatic carbocycles. The molecule has 1 N–H and O–H groups in total. The summed E-state index contributed by atoms with van der Waals surface area (Å²) in [5.74, 6) is 1.02. The van der Waals surface area contributed by atoms with Gasteiger partial charge in [0.15, 0.2) is 11.6 Å². The highest BCUT2D eigenvalue weighted by atomic mass is 32.1. The third kappa shape index (κ3) is 12.6. The largest absolute Gasteiger partial charge is 0.494 e. The fraction of sp³-hybridized carbons (Fsp3) is 0.500. The molecule has 8 nitrogen and oxygen atoms in total.